The topological polar surface area (TPSA) is 75.7 Å². The van der Waals surface area contributed by atoms with Crippen LogP contribution >= 0.6 is 11.6 Å². The van der Waals surface area contributed by atoms with Gasteiger partial charge >= 0.3 is 0 Å². The van der Waals surface area contributed by atoms with Gasteiger partial charge in [-0.15, -0.1) is 0 Å². The molecule has 6 nitrogen and oxygen atoms in total. The number of fused-ring (bicyclic) bond motifs is 1. The van der Waals surface area contributed by atoms with Crippen LogP contribution in [-0.4, -0.2) is 39.2 Å². The monoisotopic (exact) mass is 347 g/mol. The van der Waals surface area contributed by atoms with Gasteiger partial charge in [-0.25, -0.2) is 19.3 Å². The van der Waals surface area contributed by atoms with Crippen molar-refractivity contribution in [3.63, 3.8) is 0 Å². The summed E-state index contributed by atoms with van der Waals surface area (Å²) >= 11 is 6.02. The van der Waals surface area contributed by atoms with Gasteiger partial charge in [0.2, 0.25) is 0 Å². The Morgan fingerprint density at radius 2 is 2.08 bits per heavy atom. The molecule has 0 spiro atoms. The van der Waals surface area contributed by atoms with E-state index in [0.717, 1.165) is 23.8 Å². The van der Waals surface area contributed by atoms with Crippen LogP contribution in [0.2, 0.25) is 5.02 Å². The molecule has 1 saturated heterocycles. The van der Waals surface area contributed by atoms with Gasteiger partial charge in [0.05, 0.1) is 11.2 Å². The zero-order chi connectivity index (χ0) is 16.5. The van der Waals surface area contributed by atoms with Crippen LogP contribution in [0.25, 0.3) is 22.4 Å². The third-order valence-corrected chi connectivity index (χ3v) is 4.25. The zero-order valence-corrected chi connectivity index (χ0v) is 13.5. The first kappa shape index (κ1) is 15.3. The van der Waals surface area contributed by atoms with Gasteiger partial charge in [0.25, 0.3) is 0 Å². The van der Waals surface area contributed by atoms with Gasteiger partial charge < -0.3 is 15.0 Å². The fraction of sp³-hybridized carbons (Fsp3) is 0.312. The van der Waals surface area contributed by atoms with Crippen molar-refractivity contribution in [3.8, 4) is 11.4 Å². The molecule has 4 rings (SSSR count). The van der Waals surface area contributed by atoms with E-state index in [0.29, 0.717) is 29.7 Å². The molecule has 0 radical (unpaired) electrons. The molecule has 0 saturated carbocycles. The molecule has 124 valence electrons. The normalized spacial score (nSPS) is 15.8. The van der Waals surface area contributed by atoms with Crippen LogP contribution in [0.4, 0.5) is 10.2 Å². The summed E-state index contributed by atoms with van der Waals surface area (Å²) in [4.78, 5) is 15.7. The summed E-state index contributed by atoms with van der Waals surface area (Å²) in [6.07, 6.45) is 6.14. The molecule has 0 aliphatic carbocycles. The number of rotatable bonds is 3. The molecular formula is C16H15ClFN5O. The van der Waals surface area contributed by atoms with E-state index in [9.17, 15) is 4.39 Å². The fourth-order valence-electron chi connectivity index (χ4n) is 2.80. The highest BCUT2D eigenvalue weighted by Crippen LogP contribution is 2.28. The van der Waals surface area contributed by atoms with Gasteiger partial charge in [0, 0.05) is 42.6 Å². The van der Waals surface area contributed by atoms with Crippen LogP contribution in [-0.2, 0) is 4.74 Å². The number of H-pyrrole nitrogens is 1. The number of aromatic nitrogens is 4. The molecular weight excluding hydrogens is 333 g/mol. The maximum atomic E-state index is 14.1. The number of ether oxygens (including phenoxy) is 1. The standard InChI is InChI=1S/C16H15ClFN5O/c17-9-5-11-12(7-20-14(11)19-6-9)15-21-8-13(18)16(23-15)22-10-1-3-24-4-2-10/h5-8,10H,1-4H2,(H,19,20)(H,21,22,23). The molecule has 2 N–H and O–H groups in total. The molecule has 0 atom stereocenters. The number of hydrogen-bond acceptors (Lipinski definition) is 5. The SMILES string of the molecule is Fc1cnc(-c2c[nH]c3ncc(Cl)cc23)nc1NC1CCOCC1. The number of hydrogen-bond donors (Lipinski definition) is 2. The lowest BCUT2D eigenvalue weighted by molar-refractivity contribution is 0.0903. The van der Waals surface area contributed by atoms with E-state index in [1.54, 1.807) is 18.5 Å². The number of pyridine rings is 1. The van der Waals surface area contributed by atoms with E-state index in [2.05, 4.69) is 25.3 Å². The number of nitrogens with one attached hydrogen (secondary N) is 2. The number of aromatic amines is 1. The minimum atomic E-state index is -0.471. The molecule has 1 fully saturated rings. The van der Waals surface area contributed by atoms with Crippen LogP contribution in [0, 0.1) is 5.82 Å². The third kappa shape index (κ3) is 2.92. The highest BCUT2D eigenvalue weighted by Gasteiger charge is 2.18. The van der Waals surface area contributed by atoms with Gasteiger partial charge in [0.15, 0.2) is 17.5 Å². The van der Waals surface area contributed by atoms with Crippen LogP contribution in [0.15, 0.2) is 24.7 Å². The van der Waals surface area contributed by atoms with E-state index in [1.807, 2.05) is 0 Å². The molecule has 0 aromatic carbocycles. The summed E-state index contributed by atoms with van der Waals surface area (Å²) in [7, 11) is 0. The summed E-state index contributed by atoms with van der Waals surface area (Å²) in [6, 6.07) is 1.93. The van der Waals surface area contributed by atoms with Crippen molar-refractivity contribution in [1.29, 1.82) is 0 Å². The molecule has 1 aliphatic rings. The van der Waals surface area contributed by atoms with Gasteiger partial charge in [-0.3, -0.25) is 0 Å². The number of nitrogens with zero attached hydrogens (tertiary/aromatic N) is 3. The van der Waals surface area contributed by atoms with Gasteiger partial charge in [-0.2, -0.15) is 0 Å². The third-order valence-electron chi connectivity index (χ3n) is 4.04. The van der Waals surface area contributed by atoms with Gasteiger partial charge in [0.1, 0.15) is 5.65 Å². The smallest absolute Gasteiger partial charge is 0.183 e. The lowest BCUT2D eigenvalue weighted by atomic mass is 10.1. The van der Waals surface area contributed by atoms with Crippen LogP contribution in [0.3, 0.4) is 0 Å². The van der Waals surface area contributed by atoms with E-state index >= 15 is 0 Å². The van der Waals surface area contributed by atoms with Gasteiger partial charge in [-0.05, 0) is 18.9 Å². The summed E-state index contributed by atoms with van der Waals surface area (Å²) in [5, 5.41) is 4.47. The first-order valence-electron chi connectivity index (χ1n) is 7.70. The van der Waals surface area contributed by atoms with E-state index < -0.39 is 5.82 Å². The van der Waals surface area contributed by atoms with Crippen molar-refractivity contribution in [2.75, 3.05) is 18.5 Å². The summed E-state index contributed by atoms with van der Waals surface area (Å²) in [5.74, 6) is 0.152. The molecule has 1 aliphatic heterocycles. The Morgan fingerprint density at radius 3 is 2.92 bits per heavy atom. The van der Waals surface area contributed by atoms with E-state index in [-0.39, 0.29) is 11.9 Å². The molecule has 24 heavy (non-hydrogen) atoms. The Hall–Kier alpha value is -2.25. The molecule has 0 unspecified atom stereocenters. The van der Waals surface area contributed by atoms with Crippen molar-refractivity contribution in [2.24, 2.45) is 0 Å². The Bertz CT molecular complexity index is 878. The first-order chi connectivity index (χ1) is 11.7. The second-order valence-corrected chi connectivity index (χ2v) is 6.11. The lowest BCUT2D eigenvalue weighted by Gasteiger charge is -2.23. The second-order valence-electron chi connectivity index (χ2n) is 5.67. The second kappa shape index (κ2) is 6.33. The minimum absolute atomic E-state index is 0.148. The van der Waals surface area contributed by atoms with E-state index in [4.69, 9.17) is 16.3 Å². The highest BCUT2D eigenvalue weighted by atomic mass is 35.5. The lowest BCUT2D eigenvalue weighted by Crippen LogP contribution is -2.28. The van der Waals surface area contributed by atoms with Crippen molar-refractivity contribution >= 4 is 28.5 Å². The number of halogens is 2. The Balaban J connectivity index is 1.70. The predicted molar refractivity (Wildman–Crippen MR) is 89.6 cm³/mol. The van der Waals surface area contributed by atoms with Crippen molar-refractivity contribution in [3.05, 3.63) is 35.5 Å². The maximum absolute atomic E-state index is 14.1. The predicted octanol–water partition coefficient (Wildman–Crippen LogP) is 3.40. The quantitative estimate of drug-likeness (QED) is 0.759. The van der Waals surface area contributed by atoms with Crippen LogP contribution < -0.4 is 5.32 Å². The van der Waals surface area contributed by atoms with Crippen molar-refractivity contribution < 1.29 is 9.13 Å². The fourth-order valence-corrected chi connectivity index (χ4v) is 2.95. The number of anilines is 1. The molecule has 4 heterocycles. The van der Waals surface area contributed by atoms with Crippen LogP contribution in [0.1, 0.15) is 12.8 Å². The largest absolute Gasteiger partial charge is 0.381 e. The average Bonchev–Trinajstić information content (AvgIpc) is 3.01. The van der Waals surface area contributed by atoms with Crippen molar-refractivity contribution in [2.45, 2.75) is 18.9 Å². The molecule has 0 amide bonds. The summed E-state index contributed by atoms with van der Waals surface area (Å²) in [6.45, 7) is 1.34. The van der Waals surface area contributed by atoms with E-state index in [1.165, 1.54) is 6.20 Å². The Morgan fingerprint density at radius 1 is 1.25 bits per heavy atom. The van der Waals surface area contributed by atoms with Crippen molar-refractivity contribution in [1.82, 2.24) is 19.9 Å². The maximum Gasteiger partial charge on any atom is 0.183 e. The first-order valence-corrected chi connectivity index (χ1v) is 8.08. The molecule has 0 bridgehead atoms. The van der Waals surface area contributed by atoms with Gasteiger partial charge in [-0.1, -0.05) is 11.6 Å². The molecule has 8 heteroatoms. The van der Waals surface area contributed by atoms with Crippen LogP contribution in [0.5, 0.6) is 0 Å². The molecule has 3 aromatic rings. The molecule has 3 aromatic heterocycles. The summed E-state index contributed by atoms with van der Waals surface area (Å²) in [5.41, 5.74) is 1.41. The zero-order valence-electron chi connectivity index (χ0n) is 12.7. The minimum Gasteiger partial charge on any atom is -0.381 e. The highest BCUT2D eigenvalue weighted by molar-refractivity contribution is 6.31. The Labute approximate surface area is 142 Å². The Kier molecular flexibility index (Phi) is 4.03. The average molecular weight is 348 g/mol. The summed E-state index contributed by atoms with van der Waals surface area (Å²) < 4.78 is 19.4.